The van der Waals surface area contributed by atoms with Crippen molar-refractivity contribution in [2.24, 2.45) is 0 Å². The predicted octanol–water partition coefficient (Wildman–Crippen LogP) is 2.59. The lowest BCUT2D eigenvalue weighted by Gasteiger charge is -2.27. The molecule has 0 spiro atoms. The number of nitrogens with zero attached hydrogens (tertiary/aromatic N) is 2. The van der Waals surface area contributed by atoms with Crippen LogP contribution in [0.2, 0.25) is 0 Å². The normalized spacial score (nSPS) is 16.2. The second kappa shape index (κ2) is 6.87. The quantitative estimate of drug-likeness (QED) is 0.768. The monoisotopic (exact) mass is 369 g/mol. The van der Waals surface area contributed by atoms with Gasteiger partial charge in [0.25, 0.3) is 10.0 Å². The van der Waals surface area contributed by atoms with Gasteiger partial charge in [0.05, 0.1) is 10.4 Å². The van der Waals surface area contributed by atoms with E-state index in [4.69, 9.17) is 0 Å². The van der Waals surface area contributed by atoms with Gasteiger partial charge >= 0.3 is 0 Å². The van der Waals surface area contributed by atoms with Crippen molar-refractivity contribution in [1.82, 2.24) is 14.2 Å². The Hall–Kier alpha value is -2.15. The molecule has 4 rings (SSSR count). The van der Waals surface area contributed by atoms with Gasteiger partial charge in [-0.2, -0.15) is 0 Å². The Morgan fingerprint density at radius 2 is 1.73 bits per heavy atom. The van der Waals surface area contributed by atoms with Crippen molar-refractivity contribution in [3.63, 3.8) is 0 Å². The van der Waals surface area contributed by atoms with Crippen LogP contribution in [-0.4, -0.2) is 43.5 Å². The highest BCUT2D eigenvalue weighted by molar-refractivity contribution is 7.90. The highest BCUT2D eigenvalue weighted by atomic mass is 32.2. The molecule has 0 radical (unpaired) electrons. The molecule has 26 heavy (non-hydrogen) atoms. The molecule has 0 atom stereocenters. The van der Waals surface area contributed by atoms with Gasteiger partial charge < -0.3 is 5.32 Å². The van der Waals surface area contributed by atoms with Crippen molar-refractivity contribution in [2.45, 2.75) is 18.4 Å². The number of nitrogens with one attached hydrogen (secondary N) is 1. The number of fused-ring (bicyclic) bond motifs is 1. The van der Waals surface area contributed by atoms with Crippen LogP contribution in [0, 0.1) is 6.92 Å². The van der Waals surface area contributed by atoms with Gasteiger partial charge in [-0.1, -0.05) is 29.8 Å². The first-order valence-electron chi connectivity index (χ1n) is 8.90. The Kier molecular flexibility index (Phi) is 4.56. The van der Waals surface area contributed by atoms with Crippen molar-refractivity contribution >= 4 is 20.9 Å². The largest absolute Gasteiger partial charge is 0.314 e. The highest BCUT2D eigenvalue weighted by Crippen LogP contribution is 2.26. The summed E-state index contributed by atoms with van der Waals surface area (Å²) in [7, 11) is -3.60. The van der Waals surface area contributed by atoms with Crippen LogP contribution in [0.5, 0.6) is 0 Å². The number of hydrogen-bond acceptors (Lipinski definition) is 4. The summed E-state index contributed by atoms with van der Waals surface area (Å²) in [5, 5.41) is 4.36. The van der Waals surface area contributed by atoms with Crippen LogP contribution in [0.3, 0.4) is 0 Å². The molecule has 5 nitrogen and oxygen atoms in total. The van der Waals surface area contributed by atoms with Gasteiger partial charge in [0.15, 0.2) is 0 Å². The molecule has 1 N–H and O–H groups in total. The Morgan fingerprint density at radius 1 is 1.00 bits per heavy atom. The van der Waals surface area contributed by atoms with Gasteiger partial charge in [0, 0.05) is 44.3 Å². The molecule has 6 heteroatoms. The standard InChI is InChI=1S/C20H23N3O2S/c1-16-5-7-18(8-6-16)26(24,25)23-12-9-19-17(3-2-4-20(19)23)15-22-13-10-21-11-14-22/h2-9,12,21H,10-11,13-15H2,1H3. The predicted molar refractivity (Wildman–Crippen MR) is 104 cm³/mol. The molecule has 1 aromatic heterocycles. The van der Waals surface area contributed by atoms with Crippen LogP contribution < -0.4 is 5.32 Å². The molecule has 0 amide bonds. The fraction of sp³-hybridized carbons (Fsp3) is 0.300. The van der Waals surface area contributed by atoms with E-state index in [1.807, 2.05) is 37.3 Å². The summed E-state index contributed by atoms with van der Waals surface area (Å²) >= 11 is 0. The summed E-state index contributed by atoms with van der Waals surface area (Å²) in [4.78, 5) is 2.71. The molecule has 1 saturated heterocycles. The van der Waals surface area contributed by atoms with Gasteiger partial charge in [-0.05, 0) is 36.8 Å². The minimum Gasteiger partial charge on any atom is -0.314 e. The molecule has 2 aromatic carbocycles. The average molecular weight is 369 g/mol. The van der Waals surface area contributed by atoms with Gasteiger partial charge in [0.2, 0.25) is 0 Å². The topological polar surface area (TPSA) is 54.3 Å². The van der Waals surface area contributed by atoms with E-state index in [1.165, 1.54) is 9.54 Å². The number of hydrogen-bond donors (Lipinski definition) is 1. The zero-order valence-corrected chi connectivity index (χ0v) is 15.7. The number of piperazine rings is 1. The van der Waals surface area contributed by atoms with E-state index in [2.05, 4.69) is 16.3 Å². The minimum atomic E-state index is -3.60. The summed E-state index contributed by atoms with van der Waals surface area (Å²) in [6.07, 6.45) is 1.67. The molecule has 0 aliphatic carbocycles. The Morgan fingerprint density at radius 3 is 2.46 bits per heavy atom. The van der Waals surface area contributed by atoms with Crippen molar-refractivity contribution in [3.8, 4) is 0 Å². The summed E-state index contributed by atoms with van der Waals surface area (Å²) in [5.41, 5.74) is 2.94. The molecule has 2 heterocycles. The maximum absolute atomic E-state index is 13.1. The van der Waals surface area contributed by atoms with Crippen LogP contribution in [0.1, 0.15) is 11.1 Å². The third-order valence-electron chi connectivity index (χ3n) is 4.97. The minimum absolute atomic E-state index is 0.313. The number of benzene rings is 2. The Labute approximate surface area is 154 Å². The fourth-order valence-electron chi connectivity index (χ4n) is 3.49. The van der Waals surface area contributed by atoms with Crippen molar-refractivity contribution < 1.29 is 8.42 Å². The lowest BCUT2D eigenvalue weighted by Crippen LogP contribution is -2.42. The van der Waals surface area contributed by atoms with E-state index in [1.54, 1.807) is 18.3 Å². The van der Waals surface area contributed by atoms with Crippen LogP contribution in [0.15, 0.2) is 59.6 Å². The lowest BCUT2D eigenvalue weighted by molar-refractivity contribution is 0.234. The molecule has 1 aliphatic heterocycles. The van der Waals surface area contributed by atoms with Gasteiger partial charge in [-0.25, -0.2) is 12.4 Å². The van der Waals surface area contributed by atoms with E-state index in [9.17, 15) is 8.42 Å². The SMILES string of the molecule is Cc1ccc(S(=O)(=O)n2ccc3c(CN4CCNCC4)cccc32)cc1. The molecular weight excluding hydrogens is 346 g/mol. The van der Waals surface area contributed by atoms with E-state index in [0.29, 0.717) is 4.90 Å². The average Bonchev–Trinajstić information content (AvgIpc) is 3.09. The molecule has 1 fully saturated rings. The first-order chi connectivity index (χ1) is 12.6. The van der Waals surface area contributed by atoms with Crippen LogP contribution in [0.4, 0.5) is 0 Å². The number of aromatic nitrogens is 1. The van der Waals surface area contributed by atoms with E-state index in [0.717, 1.165) is 49.2 Å². The molecule has 0 bridgehead atoms. The van der Waals surface area contributed by atoms with Gasteiger partial charge in [0.1, 0.15) is 0 Å². The van der Waals surface area contributed by atoms with Crippen LogP contribution in [0.25, 0.3) is 10.9 Å². The summed E-state index contributed by atoms with van der Waals surface area (Å²) in [6.45, 7) is 6.81. The lowest BCUT2D eigenvalue weighted by atomic mass is 10.1. The first kappa shape index (κ1) is 17.3. The van der Waals surface area contributed by atoms with Crippen molar-refractivity contribution in [2.75, 3.05) is 26.2 Å². The maximum atomic E-state index is 13.1. The summed E-state index contributed by atoms with van der Waals surface area (Å²) in [5.74, 6) is 0. The van der Waals surface area contributed by atoms with Crippen molar-refractivity contribution in [1.29, 1.82) is 0 Å². The smallest absolute Gasteiger partial charge is 0.268 e. The molecule has 0 saturated carbocycles. The number of rotatable bonds is 4. The second-order valence-corrected chi connectivity index (χ2v) is 8.62. The molecule has 1 aliphatic rings. The highest BCUT2D eigenvalue weighted by Gasteiger charge is 2.20. The van der Waals surface area contributed by atoms with E-state index < -0.39 is 10.0 Å². The summed E-state index contributed by atoms with van der Waals surface area (Å²) in [6, 6.07) is 14.8. The first-order valence-corrected chi connectivity index (χ1v) is 10.3. The molecule has 0 unspecified atom stereocenters. The fourth-order valence-corrected chi connectivity index (χ4v) is 4.83. The van der Waals surface area contributed by atoms with Crippen LogP contribution in [-0.2, 0) is 16.6 Å². The van der Waals surface area contributed by atoms with Gasteiger partial charge in [-0.15, -0.1) is 0 Å². The van der Waals surface area contributed by atoms with E-state index in [-0.39, 0.29) is 0 Å². The van der Waals surface area contributed by atoms with E-state index >= 15 is 0 Å². The zero-order valence-electron chi connectivity index (χ0n) is 14.9. The van der Waals surface area contributed by atoms with Crippen LogP contribution >= 0.6 is 0 Å². The third-order valence-corrected chi connectivity index (χ3v) is 6.67. The Balaban J connectivity index is 1.73. The summed E-state index contributed by atoms with van der Waals surface area (Å²) < 4.78 is 27.5. The molecular formula is C20H23N3O2S. The van der Waals surface area contributed by atoms with Crippen molar-refractivity contribution in [3.05, 3.63) is 65.9 Å². The maximum Gasteiger partial charge on any atom is 0.268 e. The Bertz CT molecular complexity index is 1020. The van der Waals surface area contributed by atoms with Gasteiger partial charge in [-0.3, -0.25) is 4.90 Å². The second-order valence-electron chi connectivity index (χ2n) is 6.81. The number of aryl methyl sites for hydroxylation is 1. The molecule has 136 valence electrons. The molecule has 3 aromatic rings. The third kappa shape index (κ3) is 3.16. The zero-order chi connectivity index (χ0) is 18.1.